The summed E-state index contributed by atoms with van der Waals surface area (Å²) in [6.07, 6.45) is -2.77. The summed E-state index contributed by atoms with van der Waals surface area (Å²) < 4.78 is 50.0. The van der Waals surface area contributed by atoms with E-state index < -0.39 is 22.1 Å². The van der Waals surface area contributed by atoms with Crippen LogP contribution in [0.5, 0.6) is 0 Å². The number of hydrogen-bond donors (Lipinski definition) is 0. The highest BCUT2D eigenvalue weighted by Crippen LogP contribution is 2.28. The Morgan fingerprint density at radius 1 is 1.26 bits per heavy atom. The summed E-state index contributed by atoms with van der Waals surface area (Å²) >= 11 is 0. The lowest BCUT2D eigenvalue weighted by atomic mass is 10.1. The maximum atomic E-state index is 13.1. The van der Waals surface area contributed by atoms with Crippen LogP contribution in [0.15, 0.2) is 24.3 Å². The number of hydrogen-bond acceptors (Lipinski definition) is 5. The van der Waals surface area contributed by atoms with Crippen LogP contribution in [-0.4, -0.2) is 43.0 Å². The van der Waals surface area contributed by atoms with E-state index in [-0.39, 0.29) is 24.0 Å². The summed E-state index contributed by atoms with van der Waals surface area (Å²) in [5.41, 5.74) is 0.438. The molecule has 0 radical (unpaired) electrons. The molecule has 0 bridgehead atoms. The molecule has 2 aromatic rings. The van der Waals surface area contributed by atoms with Gasteiger partial charge >= 0.3 is 0 Å². The van der Waals surface area contributed by atoms with Gasteiger partial charge in [0.1, 0.15) is 5.82 Å². The van der Waals surface area contributed by atoms with Gasteiger partial charge in [-0.2, -0.15) is 0 Å². The molecule has 1 atom stereocenters. The molecule has 124 valence electrons. The maximum absolute atomic E-state index is 13.1. The number of halogens is 2. The Labute approximate surface area is 133 Å². The Bertz CT molecular complexity index is 827. The lowest BCUT2D eigenvalue weighted by Crippen LogP contribution is -2.30. The lowest BCUT2D eigenvalue weighted by Gasteiger charge is -2.24. The van der Waals surface area contributed by atoms with Gasteiger partial charge in [-0.15, -0.1) is 0 Å². The molecule has 0 aliphatic carbocycles. The minimum Gasteiger partial charge on any atom is -0.355 e. The van der Waals surface area contributed by atoms with Gasteiger partial charge in [-0.1, -0.05) is 19.1 Å². The fourth-order valence-corrected chi connectivity index (χ4v) is 4.53. The van der Waals surface area contributed by atoms with Crippen molar-refractivity contribution in [3.8, 4) is 0 Å². The van der Waals surface area contributed by atoms with Crippen molar-refractivity contribution in [3.63, 3.8) is 0 Å². The van der Waals surface area contributed by atoms with Crippen molar-refractivity contribution in [3.05, 3.63) is 30.1 Å². The monoisotopic (exact) mass is 341 g/mol. The highest BCUT2D eigenvalue weighted by Gasteiger charge is 2.27. The molecule has 0 N–H and O–H groups in total. The normalized spacial score (nSPS) is 21.6. The average Bonchev–Trinajstić information content (AvgIpc) is 2.63. The number of nitrogens with zero attached hydrogens (tertiary/aromatic N) is 3. The first kappa shape index (κ1) is 16.0. The first-order valence-electron chi connectivity index (χ1n) is 7.36. The molecule has 1 aromatic heterocycles. The predicted molar refractivity (Wildman–Crippen MR) is 84.5 cm³/mol. The summed E-state index contributed by atoms with van der Waals surface area (Å²) in [6.45, 7) is 2.55. The number of benzene rings is 1. The number of fused-ring (bicyclic) bond motifs is 1. The number of sulfone groups is 1. The number of rotatable bonds is 2. The van der Waals surface area contributed by atoms with Gasteiger partial charge < -0.3 is 4.90 Å². The third kappa shape index (κ3) is 3.41. The molecule has 0 spiro atoms. The quantitative estimate of drug-likeness (QED) is 0.839. The molecule has 1 unspecified atom stereocenters. The van der Waals surface area contributed by atoms with Crippen LogP contribution < -0.4 is 4.90 Å². The fourth-order valence-electron chi connectivity index (χ4n) is 2.89. The maximum Gasteiger partial charge on any atom is 0.297 e. The molecule has 1 aromatic carbocycles. The van der Waals surface area contributed by atoms with Gasteiger partial charge in [0.05, 0.1) is 17.0 Å². The Hall–Kier alpha value is -1.83. The predicted octanol–water partition coefficient (Wildman–Crippen LogP) is 2.44. The second-order valence-corrected chi connectivity index (χ2v) is 8.12. The first-order valence-corrected chi connectivity index (χ1v) is 9.18. The number of anilines is 1. The third-order valence-corrected chi connectivity index (χ3v) is 5.72. The van der Waals surface area contributed by atoms with E-state index in [0.717, 1.165) is 0 Å². The molecule has 1 aliphatic heterocycles. The molecule has 8 heteroatoms. The van der Waals surface area contributed by atoms with E-state index in [1.165, 1.54) is 0 Å². The van der Waals surface area contributed by atoms with Crippen LogP contribution in [0.1, 0.15) is 19.2 Å². The molecule has 5 nitrogen and oxygen atoms in total. The van der Waals surface area contributed by atoms with Crippen molar-refractivity contribution in [2.45, 2.75) is 13.3 Å². The van der Waals surface area contributed by atoms with E-state index in [2.05, 4.69) is 9.97 Å². The van der Waals surface area contributed by atoms with Crippen molar-refractivity contribution in [2.24, 2.45) is 5.92 Å². The minimum absolute atomic E-state index is 0.000316. The molecule has 0 amide bonds. The van der Waals surface area contributed by atoms with Gasteiger partial charge in [-0.3, -0.25) is 0 Å². The van der Waals surface area contributed by atoms with Crippen molar-refractivity contribution in [1.29, 1.82) is 0 Å². The number of aromatic nitrogens is 2. The van der Waals surface area contributed by atoms with E-state index in [4.69, 9.17) is 0 Å². The number of para-hydroxylation sites is 1. The molecule has 23 heavy (non-hydrogen) atoms. The average molecular weight is 341 g/mol. The van der Waals surface area contributed by atoms with Crippen molar-refractivity contribution in [2.75, 3.05) is 29.5 Å². The molecular formula is C15H17F2N3O2S. The van der Waals surface area contributed by atoms with Crippen LogP contribution in [0.3, 0.4) is 0 Å². The van der Waals surface area contributed by atoms with Gasteiger partial charge in [0.15, 0.2) is 15.7 Å². The van der Waals surface area contributed by atoms with Gasteiger partial charge in [-0.25, -0.2) is 27.2 Å². The Morgan fingerprint density at radius 2 is 2.00 bits per heavy atom. The third-order valence-electron chi connectivity index (χ3n) is 3.84. The summed E-state index contributed by atoms with van der Waals surface area (Å²) in [5.74, 6) is -0.131. The molecule has 1 fully saturated rings. The molecule has 2 heterocycles. The van der Waals surface area contributed by atoms with Crippen LogP contribution in [0.25, 0.3) is 10.9 Å². The van der Waals surface area contributed by atoms with Gasteiger partial charge in [0.25, 0.3) is 6.43 Å². The molecule has 1 aliphatic rings. The highest BCUT2D eigenvalue weighted by molar-refractivity contribution is 7.91. The van der Waals surface area contributed by atoms with E-state index in [1.54, 1.807) is 29.2 Å². The van der Waals surface area contributed by atoms with Crippen molar-refractivity contribution in [1.82, 2.24) is 9.97 Å². The van der Waals surface area contributed by atoms with Gasteiger partial charge in [0, 0.05) is 18.5 Å². The molecule has 1 saturated heterocycles. The van der Waals surface area contributed by atoms with E-state index in [0.29, 0.717) is 23.3 Å². The van der Waals surface area contributed by atoms with Crippen molar-refractivity contribution < 1.29 is 17.2 Å². The van der Waals surface area contributed by atoms with E-state index in [9.17, 15) is 17.2 Å². The van der Waals surface area contributed by atoms with Crippen LogP contribution >= 0.6 is 0 Å². The minimum atomic E-state index is -3.12. The highest BCUT2D eigenvalue weighted by atomic mass is 32.2. The lowest BCUT2D eigenvalue weighted by molar-refractivity contribution is 0.141. The molecule has 0 saturated carbocycles. The first-order chi connectivity index (χ1) is 10.9. The zero-order valence-electron chi connectivity index (χ0n) is 12.6. The Balaban J connectivity index is 2.10. The topological polar surface area (TPSA) is 63.2 Å². The van der Waals surface area contributed by atoms with E-state index >= 15 is 0 Å². The van der Waals surface area contributed by atoms with Crippen LogP contribution in [0.4, 0.5) is 14.6 Å². The fraction of sp³-hybridized carbons (Fsp3) is 0.467. The molecule has 3 rings (SSSR count). The van der Waals surface area contributed by atoms with E-state index in [1.807, 2.05) is 6.92 Å². The van der Waals surface area contributed by atoms with Gasteiger partial charge in [0.2, 0.25) is 0 Å². The zero-order chi connectivity index (χ0) is 16.6. The van der Waals surface area contributed by atoms with Crippen LogP contribution in [-0.2, 0) is 9.84 Å². The summed E-state index contributed by atoms with van der Waals surface area (Å²) in [4.78, 5) is 9.70. The SMILES string of the molecule is CC1CN(c2nc(C(F)F)nc3ccccc23)CCS(=O)(=O)C1. The van der Waals surface area contributed by atoms with Crippen LogP contribution in [0.2, 0.25) is 0 Å². The standard InChI is InChI=1S/C15H17F2N3O2S/c1-10-8-20(6-7-23(21,22)9-10)15-11-4-2-3-5-12(11)18-14(19-15)13(16)17/h2-5,10,13H,6-9H2,1H3. The zero-order valence-corrected chi connectivity index (χ0v) is 13.4. The second-order valence-electron chi connectivity index (χ2n) is 5.89. The number of alkyl halides is 2. The summed E-state index contributed by atoms with van der Waals surface area (Å²) in [7, 11) is -3.12. The van der Waals surface area contributed by atoms with Crippen molar-refractivity contribution >= 4 is 26.6 Å². The summed E-state index contributed by atoms with van der Waals surface area (Å²) in [6, 6.07) is 6.94. The van der Waals surface area contributed by atoms with Gasteiger partial charge in [-0.05, 0) is 18.1 Å². The Kier molecular flexibility index (Phi) is 4.18. The Morgan fingerprint density at radius 3 is 2.74 bits per heavy atom. The second kappa shape index (κ2) is 5.99. The molecular weight excluding hydrogens is 324 g/mol. The summed E-state index contributed by atoms with van der Waals surface area (Å²) in [5, 5.41) is 0.656. The van der Waals surface area contributed by atoms with Crippen LogP contribution in [0, 0.1) is 5.92 Å². The largest absolute Gasteiger partial charge is 0.355 e. The smallest absolute Gasteiger partial charge is 0.297 e.